The van der Waals surface area contributed by atoms with E-state index in [0.717, 1.165) is 11.5 Å². The van der Waals surface area contributed by atoms with E-state index in [1.165, 1.54) is 22.3 Å². The SMILES string of the molecule is COc1ccc(C2C(c3ccc(C)cc3)C2c2ccc(OC)cc2)cc1. The Morgan fingerprint density at radius 1 is 0.500 bits per heavy atom. The van der Waals surface area contributed by atoms with Crippen LogP contribution in [0.2, 0.25) is 0 Å². The van der Waals surface area contributed by atoms with Crippen LogP contribution in [0.5, 0.6) is 11.5 Å². The monoisotopic (exact) mass is 344 g/mol. The van der Waals surface area contributed by atoms with Crippen LogP contribution in [-0.2, 0) is 0 Å². The third kappa shape index (κ3) is 3.08. The smallest absolute Gasteiger partial charge is 0.118 e. The van der Waals surface area contributed by atoms with Gasteiger partial charge in [0.25, 0.3) is 0 Å². The fraction of sp³-hybridized carbons (Fsp3) is 0.250. The number of rotatable bonds is 5. The van der Waals surface area contributed by atoms with Crippen molar-refractivity contribution in [1.82, 2.24) is 0 Å². The molecule has 0 bridgehead atoms. The summed E-state index contributed by atoms with van der Waals surface area (Å²) in [6.45, 7) is 2.14. The van der Waals surface area contributed by atoms with E-state index in [1.807, 2.05) is 0 Å². The van der Waals surface area contributed by atoms with Crippen LogP contribution in [0.1, 0.15) is 40.0 Å². The number of hydrogen-bond donors (Lipinski definition) is 0. The lowest BCUT2D eigenvalue weighted by Gasteiger charge is -2.04. The summed E-state index contributed by atoms with van der Waals surface area (Å²) >= 11 is 0. The number of ether oxygens (including phenoxy) is 2. The lowest BCUT2D eigenvalue weighted by Crippen LogP contribution is -1.87. The average Bonchev–Trinajstić information content (AvgIpc) is 3.44. The molecule has 0 amide bonds. The molecule has 2 heteroatoms. The Balaban J connectivity index is 1.69. The van der Waals surface area contributed by atoms with Crippen molar-refractivity contribution in [1.29, 1.82) is 0 Å². The van der Waals surface area contributed by atoms with Gasteiger partial charge >= 0.3 is 0 Å². The third-order valence-electron chi connectivity index (χ3n) is 5.48. The highest BCUT2D eigenvalue weighted by Gasteiger charge is 2.52. The molecule has 2 nitrogen and oxygen atoms in total. The van der Waals surface area contributed by atoms with E-state index in [-0.39, 0.29) is 0 Å². The molecule has 0 saturated heterocycles. The molecule has 1 aliphatic rings. The highest BCUT2D eigenvalue weighted by molar-refractivity contribution is 5.49. The first-order valence-electron chi connectivity index (χ1n) is 9.05. The Kier molecular flexibility index (Phi) is 4.42. The predicted octanol–water partition coefficient (Wildman–Crippen LogP) is 5.68. The fourth-order valence-corrected chi connectivity index (χ4v) is 4.00. The van der Waals surface area contributed by atoms with Gasteiger partial charge < -0.3 is 9.47 Å². The van der Waals surface area contributed by atoms with Gasteiger partial charge in [-0.3, -0.25) is 0 Å². The average molecular weight is 344 g/mol. The van der Waals surface area contributed by atoms with Crippen molar-refractivity contribution in [2.24, 2.45) is 0 Å². The highest BCUT2D eigenvalue weighted by Crippen LogP contribution is 2.66. The molecule has 132 valence electrons. The molecule has 1 aliphatic carbocycles. The summed E-state index contributed by atoms with van der Waals surface area (Å²) in [5.41, 5.74) is 5.46. The summed E-state index contributed by atoms with van der Waals surface area (Å²) in [4.78, 5) is 0. The second kappa shape index (κ2) is 6.87. The van der Waals surface area contributed by atoms with Gasteiger partial charge in [0.15, 0.2) is 0 Å². The maximum atomic E-state index is 5.32. The molecule has 1 saturated carbocycles. The Hall–Kier alpha value is -2.74. The Morgan fingerprint density at radius 3 is 1.12 bits per heavy atom. The molecule has 2 unspecified atom stereocenters. The molecule has 0 radical (unpaired) electrons. The van der Waals surface area contributed by atoms with Gasteiger partial charge in [-0.15, -0.1) is 0 Å². The van der Waals surface area contributed by atoms with E-state index in [2.05, 4.69) is 79.7 Å². The molecule has 3 aromatic rings. The summed E-state index contributed by atoms with van der Waals surface area (Å²) in [6, 6.07) is 26.0. The van der Waals surface area contributed by atoms with Crippen molar-refractivity contribution in [3.63, 3.8) is 0 Å². The van der Waals surface area contributed by atoms with Crippen molar-refractivity contribution < 1.29 is 9.47 Å². The fourth-order valence-electron chi connectivity index (χ4n) is 4.00. The van der Waals surface area contributed by atoms with Crippen molar-refractivity contribution in [2.75, 3.05) is 14.2 Å². The maximum absolute atomic E-state index is 5.32. The molecule has 0 heterocycles. The molecule has 0 aromatic heterocycles. The summed E-state index contributed by atoms with van der Waals surface area (Å²) in [6.07, 6.45) is 0. The van der Waals surface area contributed by atoms with Crippen LogP contribution < -0.4 is 9.47 Å². The topological polar surface area (TPSA) is 18.5 Å². The zero-order valence-corrected chi connectivity index (χ0v) is 15.5. The van der Waals surface area contributed by atoms with Crippen LogP contribution in [0.3, 0.4) is 0 Å². The van der Waals surface area contributed by atoms with Crippen molar-refractivity contribution >= 4 is 0 Å². The van der Waals surface area contributed by atoms with E-state index in [0.29, 0.717) is 17.8 Å². The van der Waals surface area contributed by atoms with Gasteiger partial charge in [-0.2, -0.15) is 0 Å². The lowest BCUT2D eigenvalue weighted by molar-refractivity contribution is 0.414. The number of aryl methyl sites for hydroxylation is 1. The van der Waals surface area contributed by atoms with Gasteiger partial charge in [0.2, 0.25) is 0 Å². The van der Waals surface area contributed by atoms with Crippen LogP contribution in [0.15, 0.2) is 72.8 Å². The summed E-state index contributed by atoms with van der Waals surface area (Å²) < 4.78 is 10.6. The molecule has 0 aliphatic heterocycles. The Morgan fingerprint density at radius 2 is 0.808 bits per heavy atom. The van der Waals surface area contributed by atoms with Crippen molar-refractivity contribution in [2.45, 2.75) is 24.7 Å². The molecule has 1 fully saturated rings. The number of benzene rings is 3. The van der Waals surface area contributed by atoms with Crippen LogP contribution >= 0.6 is 0 Å². The molecule has 26 heavy (non-hydrogen) atoms. The minimum atomic E-state index is 0.497. The molecule has 2 atom stereocenters. The van der Waals surface area contributed by atoms with Gasteiger partial charge in [-0.25, -0.2) is 0 Å². The van der Waals surface area contributed by atoms with Gasteiger partial charge in [0, 0.05) is 0 Å². The molecule has 0 spiro atoms. The first-order valence-corrected chi connectivity index (χ1v) is 9.05. The van der Waals surface area contributed by atoms with Gasteiger partial charge in [0.05, 0.1) is 14.2 Å². The van der Waals surface area contributed by atoms with Crippen molar-refractivity contribution in [3.05, 3.63) is 95.1 Å². The van der Waals surface area contributed by atoms with Crippen LogP contribution in [-0.4, -0.2) is 14.2 Å². The zero-order chi connectivity index (χ0) is 18.1. The lowest BCUT2D eigenvalue weighted by atomic mass is 10.0. The second-order valence-corrected chi connectivity index (χ2v) is 7.03. The van der Waals surface area contributed by atoms with Crippen LogP contribution in [0.25, 0.3) is 0 Å². The van der Waals surface area contributed by atoms with E-state index >= 15 is 0 Å². The molecular formula is C24H24O2. The number of hydrogen-bond acceptors (Lipinski definition) is 2. The largest absolute Gasteiger partial charge is 0.497 e. The molecular weight excluding hydrogens is 320 g/mol. The summed E-state index contributed by atoms with van der Waals surface area (Å²) in [5, 5.41) is 0. The summed E-state index contributed by atoms with van der Waals surface area (Å²) in [7, 11) is 3.42. The van der Waals surface area contributed by atoms with E-state index in [9.17, 15) is 0 Å². The van der Waals surface area contributed by atoms with E-state index < -0.39 is 0 Å². The highest BCUT2D eigenvalue weighted by atomic mass is 16.5. The minimum absolute atomic E-state index is 0.497. The predicted molar refractivity (Wildman–Crippen MR) is 105 cm³/mol. The standard InChI is InChI=1S/C24H24O2/c1-16-4-6-17(7-5-16)22-23(18-8-12-20(25-2)13-9-18)24(22)19-10-14-21(26-3)15-11-19/h4-15,22-24H,1-3H3. The quantitative estimate of drug-likeness (QED) is 0.593. The third-order valence-corrected chi connectivity index (χ3v) is 5.48. The maximum Gasteiger partial charge on any atom is 0.118 e. The van der Waals surface area contributed by atoms with E-state index in [1.54, 1.807) is 14.2 Å². The summed E-state index contributed by atoms with van der Waals surface area (Å²) in [5.74, 6) is 3.32. The molecule has 4 rings (SSSR count). The first-order chi connectivity index (χ1) is 12.7. The minimum Gasteiger partial charge on any atom is -0.497 e. The normalized spacial score (nSPS) is 21.3. The van der Waals surface area contributed by atoms with Crippen molar-refractivity contribution in [3.8, 4) is 11.5 Å². The first kappa shape index (κ1) is 16.7. The molecule has 0 N–H and O–H groups in total. The zero-order valence-electron chi connectivity index (χ0n) is 15.5. The van der Waals surface area contributed by atoms with Gasteiger partial charge in [0.1, 0.15) is 11.5 Å². The van der Waals surface area contributed by atoms with Crippen LogP contribution in [0, 0.1) is 6.92 Å². The Bertz CT molecular complexity index is 810. The Labute approximate surface area is 155 Å². The second-order valence-electron chi connectivity index (χ2n) is 7.03. The van der Waals surface area contributed by atoms with Gasteiger partial charge in [-0.1, -0.05) is 54.1 Å². The van der Waals surface area contributed by atoms with E-state index in [4.69, 9.17) is 9.47 Å². The molecule has 3 aromatic carbocycles. The van der Waals surface area contributed by atoms with Crippen LogP contribution in [0.4, 0.5) is 0 Å². The van der Waals surface area contributed by atoms with Gasteiger partial charge in [-0.05, 0) is 65.6 Å². The number of methoxy groups -OCH3 is 2.